The van der Waals surface area contributed by atoms with Gasteiger partial charge in [-0.05, 0) is 24.3 Å². The summed E-state index contributed by atoms with van der Waals surface area (Å²) in [6.45, 7) is 0. The molecule has 1 aromatic heterocycles. The third kappa shape index (κ3) is 3.64. The Morgan fingerprint density at radius 1 is 0.783 bits per heavy atom. The summed E-state index contributed by atoms with van der Waals surface area (Å²) in [6.07, 6.45) is 0. The molecule has 0 unspecified atom stereocenters. The molecule has 0 amide bonds. The first-order valence-electron chi connectivity index (χ1n) is 6.37. The quantitative estimate of drug-likeness (QED) is 0.428. The Morgan fingerprint density at radius 2 is 1.35 bits per heavy atom. The Balaban J connectivity index is 0.00000132. The molecule has 0 aliphatic carbocycles. The van der Waals surface area contributed by atoms with Crippen molar-refractivity contribution < 1.29 is 4.42 Å². The van der Waals surface area contributed by atoms with Gasteiger partial charge in [-0.2, -0.15) is 0 Å². The first-order chi connectivity index (χ1) is 10.0. The number of benzene rings is 2. The average Bonchev–Trinajstić information content (AvgIpc) is 2.90. The van der Waals surface area contributed by atoms with E-state index in [2.05, 4.69) is 0 Å². The maximum Gasteiger partial charge on any atom is 0.135 e. The van der Waals surface area contributed by atoms with Crippen molar-refractivity contribution in [3.63, 3.8) is 0 Å². The monoisotopic (exact) mass is 350 g/mol. The number of nitrogens with one attached hydrogen (secondary N) is 2. The molecular formula is C16H16Cl2N4O. The molecule has 3 rings (SSSR count). The van der Waals surface area contributed by atoms with Crippen LogP contribution in [0.5, 0.6) is 0 Å². The fourth-order valence-electron chi connectivity index (χ4n) is 2.17. The van der Waals surface area contributed by atoms with E-state index in [1.807, 2.05) is 24.3 Å². The maximum atomic E-state index is 7.46. The first kappa shape index (κ1) is 18.5. The molecule has 5 nitrogen and oxygen atoms in total. The number of nitrogen functional groups attached to an aromatic ring is 2. The molecule has 0 aliphatic heterocycles. The summed E-state index contributed by atoms with van der Waals surface area (Å²) in [5.74, 6) is 0.795. The summed E-state index contributed by atoms with van der Waals surface area (Å²) < 4.78 is 5.79. The smallest absolute Gasteiger partial charge is 0.135 e. The summed E-state index contributed by atoms with van der Waals surface area (Å²) in [4.78, 5) is 0. The fraction of sp³-hybridized carbons (Fsp3) is 0. The molecule has 7 heteroatoms. The molecule has 0 radical (unpaired) electrons. The summed E-state index contributed by atoms with van der Waals surface area (Å²) in [5.41, 5.74) is 13.9. The standard InChI is InChI=1S/C16H14N4O.2ClH/c17-15(18)10-3-1-9(2-4-10)14-8-12-7-11(16(19)20)5-6-13(12)21-14;;/h1-8H,(H3,17,18)(H3,19,20);2*1H. The van der Waals surface area contributed by atoms with E-state index in [1.165, 1.54) is 0 Å². The lowest BCUT2D eigenvalue weighted by atomic mass is 10.1. The van der Waals surface area contributed by atoms with E-state index in [1.54, 1.807) is 24.3 Å². The lowest BCUT2D eigenvalue weighted by molar-refractivity contribution is 0.631. The predicted molar refractivity (Wildman–Crippen MR) is 98.2 cm³/mol. The molecule has 3 aromatic rings. The Labute approximate surface area is 145 Å². The fourth-order valence-corrected chi connectivity index (χ4v) is 2.17. The van der Waals surface area contributed by atoms with Crippen LogP contribution in [0.15, 0.2) is 52.9 Å². The van der Waals surface area contributed by atoms with Crippen LogP contribution in [0.25, 0.3) is 22.3 Å². The van der Waals surface area contributed by atoms with Crippen molar-refractivity contribution in [1.82, 2.24) is 0 Å². The van der Waals surface area contributed by atoms with E-state index in [0.29, 0.717) is 11.1 Å². The summed E-state index contributed by atoms with van der Waals surface area (Å²) >= 11 is 0. The van der Waals surface area contributed by atoms with Crippen LogP contribution >= 0.6 is 24.8 Å². The number of amidine groups is 2. The molecule has 6 N–H and O–H groups in total. The minimum Gasteiger partial charge on any atom is -0.456 e. The SMILES string of the molecule is Cl.Cl.N=C(N)c1ccc(-c2cc3cc(C(=N)N)ccc3o2)cc1. The van der Waals surface area contributed by atoms with Crippen LogP contribution in [-0.4, -0.2) is 11.7 Å². The van der Waals surface area contributed by atoms with Gasteiger partial charge in [0.1, 0.15) is 23.0 Å². The normalized spacial score (nSPS) is 9.74. The molecule has 0 saturated carbocycles. The van der Waals surface area contributed by atoms with Gasteiger partial charge in [0.05, 0.1) is 0 Å². The third-order valence-corrected chi connectivity index (χ3v) is 3.31. The van der Waals surface area contributed by atoms with Crippen molar-refractivity contribution in [3.8, 4) is 11.3 Å². The number of rotatable bonds is 3. The van der Waals surface area contributed by atoms with Gasteiger partial charge in [-0.3, -0.25) is 10.8 Å². The Bertz CT molecular complexity index is 856. The number of hydrogen-bond acceptors (Lipinski definition) is 3. The molecule has 23 heavy (non-hydrogen) atoms. The van der Waals surface area contributed by atoms with Crippen molar-refractivity contribution in [2.45, 2.75) is 0 Å². The molecule has 0 spiro atoms. The third-order valence-electron chi connectivity index (χ3n) is 3.31. The molecule has 2 aromatic carbocycles. The highest BCUT2D eigenvalue weighted by Gasteiger charge is 2.08. The van der Waals surface area contributed by atoms with Crippen LogP contribution in [0, 0.1) is 10.8 Å². The molecule has 0 aliphatic rings. The van der Waals surface area contributed by atoms with E-state index in [4.69, 9.17) is 26.7 Å². The van der Waals surface area contributed by atoms with Crippen LogP contribution in [0.4, 0.5) is 0 Å². The zero-order valence-corrected chi connectivity index (χ0v) is 13.6. The van der Waals surface area contributed by atoms with Crippen LogP contribution < -0.4 is 11.5 Å². The van der Waals surface area contributed by atoms with Gasteiger partial charge in [0, 0.05) is 22.1 Å². The number of hydrogen-bond donors (Lipinski definition) is 4. The van der Waals surface area contributed by atoms with Gasteiger partial charge in [-0.25, -0.2) is 0 Å². The Hall–Kier alpha value is -2.50. The molecule has 1 heterocycles. The van der Waals surface area contributed by atoms with Gasteiger partial charge >= 0.3 is 0 Å². The maximum absolute atomic E-state index is 7.46. The second kappa shape index (κ2) is 7.17. The number of furan rings is 1. The van der Waals surface area contributed by atoms with Crippen molar-refractivity contribution in [3.05, 3.63) is 59.7 Å². The average molecular weight is 351 g/mol. The summed E-state index contributed by atoms with van der Waals surface area (Å²) in [6, 6.07) is 14.6. The van der Waals surface area contributed by atoms with E-state index < -0.39 is 0 Å². The lowest BCUT2D eigenvalue weighted by Crippen LogP contribution is -2.10. The molecule has 0 atom stereocenters. The van der Waals surface area contributed by atoms with Crippen LogP contribution in [-0.2, 0) is 0 Å². The summed E-state index contributed by atoms with van der Waals surface area (Å²) in [7, 11) is 0. The highest BCUT2D eigenvalue weighted by atomic mass is 35.5. The zero-order chi connectivity index (χ0) is 15.0. The second-order valence-corrected chi connectivity index (χ2v) is 4.77. The lowest BCUT2D eigenvalue weighted by Gasteiger charge is -1.99. The first-order valence-corrected chi connectivity index (χ1v) is 6.37. The van der Waals surface area contributed by atoms with Gasteiger partial charge in [0.25, 0.3) is 0 Å². The van der Waals surface area contributed by atoms with Crippen molar-refractivity contribution >= 4 is 47.5 Å². The zero-order valence-electron chi connectivity index (χ0n) is 12.0. The number of halogens is 2. The predicted octanol–water partition coefficient (Wildman–Crippen LogP) is 3.51. The van der Waals surface area contributed by atoms with Gasteiger partial charge in [0.2, 0.25) is 0 Å². The van der Waals surface area contributed by atoms with Crippen molar-refractivity contribution in [2.24, 2.45) is 11.5 Å². The highest BCUT2D eigenvalue weighted by Crippen LogP contribution is 2.28. The van der Waals surface area contributed by atoms with Gasteiger partial charge in [-0.15, -0.1) is 24.8 Å². The largest absolute Gasteiger partial charge is 0.456 e. The van der Waals surface area contributed by atoms with E-state index in [0.717, 1.165) is 22.3 Å². The van der Waals surface area contributed by atoms with Crippen molar-refractivity contribution in [2.75, 3.05) is 0 Å². The van der Waals surface area contributed by atoms with Gasteiger partial charge < -0.3 is 15.9 Å². The van der Waals surface area contributed by atoms with E-state index >= 15 is 0 Å². The minimum atomic E-state index is 0. The summed E-state index contributed by atoms with van der Waals surface area (Å²) in [5, 5.41) is 15.7. The molecule has 0 bridgehead atoms. The van der Waals surface area contributed by atoms with E-state index in [-0.39, 0.29) is 36.5 Å². The van der Waals surface area contributed by atoms with Gasteiger partial charge in [0.15, 0.2) is 0 Å². The second-order valence-electron chi connectivity index (χ2n) is 4.77. The number of nitrogens with two attached hydrogens (primary N) is 2. The molecule has 0 saturated heterocycles. The molecule has 0 fully saturated rings. The Morgan fingerprint density at radius 3 is 1.91 bits per heavy atom. The number of fused-ring (bicyclic) bond motifs is 1. The highest BCUT2D eigenvalue weighted by molar-refractivity contribution is 5.99. The minimum absolute atomic E-state index is 0. The Kier molecular flexibility index (Phi) is 5.79. The molecule has 120 valence electrons. The van der Waals surface area contributed by atoms with E-state index in [9.17, 15) is 0 Å². The van der Waals surface area contributed by atoms with Crippen LogP contribution in [0.1, 0.15) is 11.1 Å². The van der Waals surface area contributed by atoms with Gasteiger partial charge in [-0.1, -0.05) is 24.3 Å². The topological polar surface area (TPSA) is 113 Å². The van der Waals surface area contributed by atoms with Crippen LogP contribution in [0.3, 0.4) is 0 Å². The van der Waals surface area contributed by atoms with Crippen LogP contribution in [0.2, 0.25) is 0 Å². The molecular weight excluding hydrogens is 335 g/mol. The van der Waals surface area contributed by atoms with Crippen molar-refractivity contribution in [1.29, 1.82) is 10.8 Å².